The van der Waals surface area contributed by atoms with Crippen LogP contribution in [-0.4, -0.2) is 12.6 Å². The Kier molecular flexibility index (Phi) is 4.48. The molecule has 0 radical (unpaired) electrons. The van der Waals surface area contributed by atoms with E-state index in [0.717, 1.165) is 22.3 Å². The molecule has 92 valence electrons. The predicted octanol–water partition coefficient (Wildman–Crippen LogP) is 3.83. The lowest BCUT2D eigenvalue weighted by molar-refractivity contribution is 0.354. The van der Waals surface area contributed by atoms with Gasteiger partial charge in [0.05, 0.1) is 0 Å². The first-order chi connectivity index (χ1) is 8.15. The summed E-state index contributed by atoms with van der Waals surface area (Å²) in [6.45, 7) is 4.79. The summed E-state index contributed by atoms with van der Waals surface area (Å²) in [6, 6.07) is 6.67. The van der Waals surface area contributed by atoms with Crippen molar-refractivity contribution in [3.05, 3.63) is 39.8 Å². The van der Waals surface area contributed by atoms with Gasteiger partial charge in [-0.05, 0) is 31.0 Å². The average molecular weight is 317 g/mol. The Hall–Kier alpha value is -0.510. The van der Waals surface area contributed by atoms with Crippen LogP contribution in [-0.2, 0) is 6.54 Å². The van der Waals surface area contributed by atoms with Crippen molar-refractivity contribution >= 4 is 27.5 Å². The third kappa shape index (κ3) is 4.34. The van der Waals surface area contributed by atoms with Crippen molar-refractivity contribution in [3.63, 3.8) is 0 Å². The predicted molar refractivity (Wildman–Crippen MR) is 74.5 cm³/mol. The fourth-order valence-corrected chi connectivity index (χ4v) is 1.99. The van der Waals surface area contributed by atoms with E-state index in [4.69, 9.17) is 16.3 Å². The van der Waals surface area contributed by atoms with E-state index >= 15 is 0 Å². The van der Waals surface area contributed by atoms with Gasteiger partial charge in [-0.3, -0.25) is 0 Å². The Morgan fingerprint density at radius 2 is 2.29 bits per heavy atom. The second-order valence-electron chi connectivity index (χ2n) is 4.21. The van der Waals surface area contributed by atoms with Crippen molar-refractivity contribution < 1.29 is 4.74 Å². The number of rotatable bonds is 6. The number of ether oxygens (including phenoxy) is 1. The summed E-state index contributed by atoms with van der Waals surface area (Å²) in [6.07, 6.45) is 2.56. The summed E-state index contributed by atoms with van der Waals surface area (Å²) in [5, 5.41) is 3.98. The van der Waals surface area contributed by atoms with Gasteiger partial charge in [0, 0.05) is 27.7 Å². The first-order valence-electron chi connectivity index (χ1n) is 5.63. The van der Waals surface area contributed by atoms with E-state index in [1.165, 1.54) is 12.8 Å². The second-order valence-corrected chi connectivity index (χ2v) is 5.66. The topological polar surface area (TPSA) is 21.3 Å². The number of nitrogens with one attached hydrogen (secondary N) is 1. The standard InChI is InChI=1S/C13H15BrClNO/c1-9(15)8-17-13-5-2-11(14)6-10(13)7-16-12-3-4-12/h2,5-6,12,16H,1,3-4,7-8H2. The van der Waals surface area contributed by atoms with Crippen LogP contribution < -0.4 is 10.1 Å². The van der Waals surface area contributed by atoms with Gasteiger partial charge < -0.3 is 10.1 Å². The maximum atomic E-state index is 5.70. The lowest BCUT2D eigenvalue weighted by Gasteiger charge is -2.12. The molecule has 1 fully saturated rings. The molecule has 1 aromatic rings. The Bertz CT molecular complexity index is 418. The van der Waals surface area contributed by atoms with Crippen LogP contribution in [0.3, 0.4) is 0 Å². The molecule has 0 aromatic heterocycles. The molecule has 1 N–H and O–H groups in total. The molecule has 1 aliphatic rings. The van der Waals surface area contributed by atoms with Gasteiger partial charge in [0.15, 0.2) is 0 Å². The highest BCUT2D eigenvalue weighted by Crippen LogP contribution is 2.26. The Morgan fingerprint density at radius 3 is 2.94 bits per heavy atom. The summed E-state index contributed by atoms with van der Waals surface area (Å²) in [5.74, 6) is 0.864. The maximum absolute atomic E-state index is 5.70. The molecule has 0 unspecified atom stereocenters. The highest BCUT2D eigenvalue weighted by molar-refractivity contribution is 9.10. The fourth-order valence-electron chi connectivity index (χ4n) is 1.52. The molecule has 1 aromatic carbocycles. The molecule has 17 heavy (non-hydrogen) atoms. The monoisotopic (exact) mass is 315 g/mol. The molecule has 0 heterocycles. The molecule has 1 aliphatic carbocycles. The van der Waals surface area contributed by atoms with Crippen molar-refractivity contribution in [1.82, 2.24) is 5.32 Å². The second kappa shape index (κ2) is 5.89. The minimum absolute atomic E-state index is 0.347. The number of benzene rings is 1. The Morgan fingerprint density at radius 1 is 1.53 bits per heavy atom. The summed E-state index contributed by atoms with van der Waals surface area (Å²) in [7, 11) is 0. The van der Waals surface area contributed by atoms with Gasteiger partial charge in [-0.2, -0.15) is 0 Å². The Balaban J connectivity index is 2.02. The molecule has 0 atom stereocenters. The summed E-state index contributed by atoms with van der Waals surface area (Å²) in [4.78, 5) is 0. The summed E-state index contributed by atoms with van der Waals surface area (Å²) >= 11 is 9.18. The number of halogens is 2. The zero-order valence-electron chi connectivity index (χ0n) is 9.51. The molecule has 4 heteroatoms. The summed E-state index contributed by atoms with van der Waals surface area (Å²) < 4.78 is 6.67. The maximum Gasteiger partial charge on any atom is 0.124 e. The molecule has 2 rings (SSSR count). The number of hydrogen-bond acceptors (Lipinski definition) is 2. The zero-order valence-corrected chi connectivity index (χ0v) is 11.9. The molecule has 0 saturated heterocycles. The largest absolute Gasteiger partial charge is 0.488 e. The van der Waals surface area contributed by atoms with Crippen LogP contribution in [0.4, 0.5) is 0 Å². The molecule has 2 nitrogen and oxygen atoms in total. The quantitative estimate of drug-likeness (QED) is 0.861. The normalized spacial score (nSPS) is 14.7. The van der Waals surface area contributed by atoms with Crippen molar-refractivity contribution in [3.8, 4) is 5.75 Å². The van der Waals surface area contributed by atoms with Gasteiger partial charge in [0.2, 0.25) is 0 Å². The Labute approximate surface area is 115 Å². The third-order valence-electron chi connectivity index (χ3n) is 2.57. The van der Waals surface area contributed by atoms with Crippen LogP contribution in [0.5, 0.6) is 5.75 Å². The van der Waals surface area contributed by atoms with E-state index in [1.807, 2.05) is 12.1 Å². The van der Waals surface area contributed by atoms with E-state index in [-0.39, 0.29) is 0 Å². The summed E-state index contributed by atoms with van der Waals surface area (Å²) in [5.41, 5.74) is 1.14. The number of hydrogen-bond donors (Lipinski definition) is 1. The molecule has 0 bridgehead atoms. The fraction of sp³-hybridized carbons (Fsp3) is 0.385. The van der Waals surface area contributed by atoms with Crippen LogP contribution in [0.1, 0.15) is 18.4 Å². The molecule has 0 spiro atoms. The van der Waals surface area contributed by atoms with Crippen molar-refractivity contribution in [2.24, 2.45) is 0 Å². The van der Waals surface area contributed by atoms with Gasteiger partial charge in [-0.1, -0.05) is 34.1 Å². The van der Waals surface area contributed by atoms with Crippen LogP contribution >= 0.6 is 27.5 Å². The minimum Gasteiger partial charge on any atom is -0.488 e. The van der Waals surface area contributed by atoms with E-state index in [2.05, 4.69) is 33.9 Å². The van der Waals surface area contributed by atoms with Crippen molar-refractivity contribution in [1.29, 1.82) is 0 Å². The lowest BCUT2D eigenvalue weighted by atomic mass is 10.2. The van der Waals surface area contributed by atoms with Gasteiger partial charge in [-0.15, -0.1) is 0 Å². The van der Waals surface area contributed by atoms with Crippen LogP contribution in [0.2, 0.25) is 0 Å². The van der Waals surface area contributed by atoms with Crippen LogP contribution in [0.25, 0.3) is 0 Å². The van der Waals surface area contributed by atoms with E-state index in [1.54, 1.807) is 0 Å². The molecule has 0 amide bonds. The molecule has 1 saturated carbocycles. The van der Waals surface area contributed by atoms with Crippen LogP contribution in [0, 0.1) is 0 Å². The van der Waals surface area contributed by atoms with Gasteiger partial charge in [0.25, 0.3) is 0 Å². The van der Waals surface area contributed by atoms with Gasteiger partial charge in [-0.25, -0.2) is 0 Å². The van der Waals surface area contributed by atoms with Gasteiger partial charge in [0.1, 0.15) is 12.4 Å². The van der Waals surface area contributed by atoms with Gasteiger partial charge >= 0.3 is 0 Å². The SMILES string of the molecule is C=C(Cl)COc1ccc(Br)cc1CNC1CC1. The van der Waals surface area contributed by atoms with Crippen molar-refractivity contribution in [2.45, 2.75) is 25.4 Å². The highest BCUT2D eigenvalue weighted by Gasteiger charge is 2.20. The van der Waals surface area contributed by atoms with E-state index in [9.17, 15) is 0 Å². The van der Waals surface area contributed by atoms with E-state index < -0.39 is 0 Å². The van der Waals surface area contributed by atoms with E-state index in [0.29, 0.717) is 17.7 Å². The zero-order chi connectivity index (χ0) is 12.3. The third-order valence-corrected chi connectivity index (χ3v) is 3.17. The minimum atomic E-state index is 0.347. The average Bonchev–Trinajstić information content (AvgIpc) is 3.08. The lowest BCUT2D eigenvalue weighted by Crippen LogP contribution is -2.16. The molecule has 0 aliphatic heterocycles. The molecular weight excluding hydrogens is 302 g/mol. The van der Waals surface area contributed by atoms with Crippen molar-refractivity contribution in [2.75, 3.05) is 6.61 Å². The first kappa shape index (κ1) is 12.9. The highest BCUT2D eigenvalue weighted by atomic mass is 79.9. The van der Waals surface area contributed by atoms with Crippen LogP contribution in [0.15, 0.2) is 34.3 Å². The first-order valence-corrected chi connectivity index (χ1v) is 6.80. The molecular formula is C13H15BrClNO. The smallest absolute Gasteiger partial charge is 0.124 e.